The molecule has 0 unspecified atom stereocenters. The van der Waals surface area contributed by atoms with Crippen LogP contribution in [-0.4, -0.2) is 64.3 Å². The Hall–Kier alpha value is -3.92. The van der Waals surface area contributed by atoms with Gasteiger partial charge in [0, 0.05) is 13.0 Å². The highest BCUT2D eigenvalue weighted by Gasteiger charge is 2.38. The maximum absolute atomic E-state index is 13.6. The molecule has 1 heterocycles. The molecule has 0 bridgehead atoms. The summed E-state index contributed by atoms with van der Waals surface area (Å²) < 4.78 is 0. The minimum Gasteiger partial charge on any atom is -0.508 e. The lowest BCUT2D eigenvalue weighted by atomic mass is 9.84. The van der Waals surface area contributed by atoms with Gasteiger partial charge in [-0.15, -0.1) is 0 Å². The van der Waals surface area contributed by atoms with E-state index in [-0.39, 0.29) is 24.5 Å². The maximum atomic E-state index is 13.6. The van der Waals surface area contributed by atoms with Crippen LogP contribution in [0.2, 0.25) is 0 Å². The highest BCUT2D eigenvalue weighted by Crippen LogP contribution is 2.27. The lowest BCUT2D eigenvalue weighted by Gasteiger charge is -2.29. The van der Waals surface area contributed by atoms with Crippen LogP contribution in [0.1, 0.15) is 62.5 Å². The third-order valence-electron chi connectivity index (χ3n) is 8.42. The zero-order valence-corrected chi connectivity index (χ0v) is 24.0. The number of likely N-dealkylation sites (tertiary alicyclic amines) is 1. The molecule has 7 N–H and O–H groups in total. The van der Waals surface area contributed by atoms with E-state index in [9.17, 15) is 24.3 Å². The van der Waals surface area contributed by atoms with Gasteiger partial charge >= 0.3 is 0 Å². The van der Waals surface area contributed by atoms with Crippen molar-refractivity contribution in [3.8, 4) is 5.75 Å². The Bertz CT molecular complexity index is 1220. The molecule has 1 saturated heterocycles. The SMILES string of the molecule is NC(=O)[C@H](CC1CCCCC1)NC(=O)[C@H](Cc1ccccc1)NC(=O)[C@@H]1CCCN1C(=O)[C@@H](N)Cc1ccc(O)cc1. The van der Waals surface area contributed by atoms with E-state index in [1.54, 1.807) is 12.1 Å². The number of phenolic OH excluding ortho intramolecular Hbond substituents is 1. The lowest BCUT2D eigenvalue weighted by molar-refractivity contribution is -0.140. The molecular formula is C32H43N5O5. The van der Waals surface area contributed by atoms with Crippen LogP contribution in [0.15, 0.2) is 54.6 Å². The predicted molar refractivity (Wildman–Crippen MR) is 159 cm³/mol. The summed E-state index contributed by atoms with van der Waals surface area (Å²) in [5.74, 6) is -1.40. The van der Waals surface area contributed by atoms with Gasteiger partial charge in [-0.3, -0.25) is 19.2 Å². The first-order chi connectivity index (χ1) is 20.2. The van der Waals surface area contributed by atoms with E-state index in [4.69, 9.17) is 11.5 Å². The number of carbonyl (C=O) groups excluding carboxylic acids is 4. The van der Waals surface area contributed by atoms with Crippen molar-refractivity contribution in [2.45, 2.75) is 88.4 Å². The van der Waals surface area contributed by atoms with Crippen molar-refractivity contribution in [1.29, 1.82) is 0 Å². The largest absolute Gasteiger partial charge is 0.508 e. The second-order valence-electron chi connectivity index (χ2n) is 11.6. The maximum Gasteiger partial charge on any atom is 0.243 e. The summed E-state index contributed by atoms with van der Waals surface area (Å²) in [5.41, 5.74) is 13.6. The van der Waals surface area contributed by atoms with Crippen molar-refractivity contribution in [3.05, 3.63) is 65.7 Å². The second kappa shape index (κ2) is 14.8. The molecule has 0 aromatic heterocycles. The van der Waals surface area contributed by atoms with E-state index < -0.39 is 41.9 Å². The Morgan fingerprint density at radius 2 is 1.50 bits per heavy atom. The fraction of sp³-hybridized carbons (Fsp3) is 0.500. The van der Waals surface area contributed by atoms with Gasteiger partial charge in [-0.2, -0.15) is 0 Å². The summed E-state index contributed by atoms with van der Waals surface area (Å²) in [7, 11) is 0. The summed E-state index contributed by atoms with van der Waals surface area (Å²) in [5, 5.41) is 15.2. The first-order valence-electron chi connectivity index (χ1n) is 15.0. The van der Waals surface area contributed by atoms with Crippen molar-refractivity contribution >= 4 is 23.6 Å². The van der Waals surface area contributed by atoms with Gasteiger partial charge in [0.15, 0.2) is 0 Å². The van der Waals surface area contributed by atoms with E-state index in [1.165, 1.54) is 23.5 Å². The zero-order chi connectivity index (χ0) is 30.1. The van der Waals surface area contributed by atoms with E-state index in [2.05, 4.69) is 10.6 Å². The molecule has 4 amide bonds. The standard InChI is InChI=1S/C32H43N5O5/c33-25(18-23-13-15-24(38)16-14-23)32(42)37-17-7-12-28(37)31(41)36-27(20-22-10-5-2-6-11-22)30(40)35-26(29(34)39)19-21-8-3-1-4-9-21/h2,5-6,10-11,13-16,21,25-28,38H,1,3-4,7-9,12,17-20,33H2,(H2,34,39)(H,35,40)(H,36,41)/t25-,26-,27-,28-/m0/s1. The molecule has 1 aliphatic carbocycles. The van der Waals surface area contributed by atoms with E-state index in [0.29, 0.717) is 31.7 Å². The lowest BCUT2D eigenvalue weighted by Crippen LogP contribution is -2.58. The van der Waals surface area contributed by atoms with Crippen LogP contribution in [0, 0.1) is 5.92 Å². The molecule has 2 aromatic rings. The number of phenols is 1. The Kier molecular flexibility index (Phi) is 10.9. The number of rotatable bonds is 12. The Morgan fingerprint density at radius 1 is 0.833 bits per heavy atom. The van der Waals surface area contributed by atoms with Crippen molar-refractivity contribution in [2.24, 2.45) is 17.4 Å². The van der Waals surface area contributed by atoms with Crippen molar-refractivity contribution in [1.82, 2.24) is 15.5 Å². The average Bonchev–Trinajstić information content (AvgIpc) is 3.48. The molecule has 10 heteroatoms. The molecule has 2 aliphatic rings. The van der Waals surface area contributed by atoms with Gasteiger partial charge in [0.25, 0.3) is 0 Å². The molecule has 226 valence electrons. The number of hydrogen-bond acceptors (Lipinski definition) is 6. The number of nitrogens with two attached hydrogens (primary N) is 2. The van der Waals surface area contributed by atoms with Crippen molar-refractivity contribution < 1.29 is 24.3 Å². The van der Waals surface area contributed by atoms with Crippen LogP contribution < -0.4 is 22.1 Å². The monoisotopic (exact) mass is 577 g/mol. The molecule has 0 radical (unpaired) electrons. The second-order valence-corrected chi connectivity index (χ2v) is 11.6. The van der Waals surface area contributed by atoms with Gasteiger partial charge in [-0.1, -0.05) is 74.6 Å². The number of nitrogens with zero attached hydrogens (tertiary/aromatic N) is 1. The summed E-state index contributed by atoms with van der Waals surface area (Å²) in [6.07, 6.45) is 7.44. The highest BCUT2D eigenvalue weighted by molar-refractivity contribution is 5.95. The first kappa shape index (κ1) is 31.0. The zero-order valence-electron chi connectivity index (χ0n) is 24.0. The molecule has 10 nitrogen and oxygen atoms in total. The average molecular weight is 578 g/mol. The van der Waals surface area contributed by atoms with Crippen LogP contribution in [0.5, 0.6) is 5.75 Å². The summed E-state index contributed by atoms with van der Waals surface area (Å²) >= 11 is 0. The number of amides is 4. The normalized spacial score (nSPS) is 19.5. The Morgan fingerprint density at radius 3 is 2.17 bits per heavy atom. The topological polar surface area (TPSA) is 168 Å². The fourth-order valence-corrected chi connectivity index (χ4v) is 6.09. The first-order valence-corrected chi connectivity index (χ1v) is 15.0. The number of aromatic hydroxyl groups is 1. The summed E-state index contributed by atoms with van der Waals surface area (Å²) in [6.45, 7) is 0.390. The van der Waals surface area contributed by atoms with Crippen LogP contribution in [0.25, 0.3) is 0 Å². The van der Waals surface area contributed by atoms with Gasteiger partial charge in [0.05, 0.1) is 6.04 Å². The van der Waals surface area contributed by atoms with Gasteiger partial charge in [-0.25, -0.2) is 0 Å². The minimum atomic E-state index is -0.962. The van der Waals surface area contributed by atoms with Crippen molar-refractivity contribution in [3.63, 3.8) is 0 Å². The molecule has 1 saturated carbocycles. The molecule has 4 rings (SSSR count). The van der Waals surface area contributed by atoms with Crippen LogP contribution >= 0.6 is 0 Å². The molecule has 2 aromatic carbocycles. The minimum absolute atomic E-state index is 0.125. The predicted octanol–water partition coefficient (Wildman–Crippen LogP) is 1.92. The number of carbonyl (C=O) groups is 4. The number of benzene rings is 2. The molecule has 42 heavy (non-hydrogen) atoms. The third-order valence-corrected chi connectivity index (χ3v) is 8.42. The van der Waals surface area contributed by atoms with Crippen LogP contribution in [0.4, 0.5) is 0 Å². The smallest absolute Gasteiger partial charge is 0.243 e. The highest BCUT2D eigenvalue weighted by atomic mass is 16.3. The Labute approximate surface area is 247 Å². The van der Waals surface area contributed by atoms with Crippen LogP contribution in [-0.2, 0) is 32.0 Å². The number of nitrogens with one attached hydrogen (secondary N) is 2. The summed E-state index contributed by atoms with van der Waals surface area (Å²) in [6, 6.07) is 12.4. The molecule has 2 fully saturated rings. The summed E-state index contributed by atoms with van der Waals surface area (Å²) in [4.78, 5) is 54.2. The number of primary amides is 1. The van der Waals surface area contributed by atoms with E-state index >= 15 is 0 Å². The molecular weight excluding hydrogens is 534 g/mol. The van der Waals surface area contributed by atoms with Gasteiger partial charge in [0.1, 0.15) is 23.9 Å². The van der Waals surface area contributed by atoms with Gasteiger partial charge in [0.2, 0.25) is 23.6 Å². The molecule has 0 spiro atoms. The van der Waals surface area contributed by atoms with Gasteiger partial charge in [-0.05, 0) is 54.9 Å². The quantitative estimate of drug-likeness (QED) is 0.258. The Balaban J connectivity index is 1.44. The molecule has 1 aliphatic heterocycles. The van der Waals surface area contributed by atoms with Crippen molar-refractivity contribution in [2.75, 3.05) is 6.54 Å². The van der Waals surface area contributed by atoms with E-state index in [1.807, 2.05) is 30.3 Å². The van der Waals surface area contributed by atoms with Gasteiger partial charge < -0.3 is 32.1 Å². The van der Waals surface area contributed by atoms with E-state index in [0.717, 1.165) is 36.8 Å². The number of hydrogen-bond donors (Lipinski definition) is 5. The van der Waals surface area contributed by atoms with Crippen LogP contribution in [0.3, 0.4) is 0 Å². The third kappa shape index (κ3) is 8.55. The molecule has 4 atom stereocenters. The fourth-order valence-electron chi connectivity index (χ4n) is 6.09.